The fraction of sp³-hybridized carbons (Fsp3) is 0.440. The molecule has 2 aromatic carbocycles. The number of ether oxygens (including phenoxy) is 2. The van der Waals surface area contributed by atoms with Crippen LogP contribution in [0, 0.1) is 0 Å². The number of esters is 1. The number of carbonyl (C=O) groups excluding carboxylic acids is 2. The van der Waals surface area contributed by atoms with E-state index < -0.39 is 11.6 Å². The number of rotatable bonds is 8. The van der Waals surface area contributed by atoms with Crippen molar-refractivity contribution in [3.63, 3.8) is 0 Å². The molecule has 1 fully saturated rings. The van der Waals surface area contributed by atoms with Crippen molar-refractivity contribution in [1.82, 2.24) is 4.90 Å². The van der Waals surface area contributed by atoms with Crippen LogP contribution in [-0.4, -0.2) is 73.4 Å². The van der Waals surface area contributed by atoms with Gasteiger partial charge in [-0.2, -0.15) is 0 Å². The summed E-state index contributed by atoms with van der Waals surface area (Å²) in [6, 6.07) is 19.3. The van der Waals surface area contributed by atoms with Gasteiger partial charge in [-0.05, 0) is 0 Å². The minimum absolute atomic E-state index is 0.0159. The van der Waals surface area contributed by atoms with Crippen LogP contribution in [-0.2, 0) is 25.5 Å². The number of amides is 1. The average Bonchev–Trinajstić information content (AvgIpc) is 2.71. The van der Waals surface area contributed by atoms with Crippen LogP contribution in [0.25, 0.3) is 0 Å². The SMILES string of the molecule is CC(C)(C)OC(=O)C1C(OCCCc2ccccc2)CN1C(=O)[CH]([Pb])c1ccccc1. The van der Waals surface area contributed by atoms with Crippen LogP contribution in [0.1, 0.15) is 41.8 Å². The van der Waals surface area contributed by atoms with Crippen molar-refractivity contribution < 1.29 is 19.1 Å². The van der Waals surface area contributed by atoms with E-state index in [0.717, 1.165) is 18.4 Å². The van der Waals surface area contributed by atoms with E-state index in [2.05, 4.69) is 12.1 Å². The zero-order valence-electron chi connectivity index (χ0n) is 18.4. The Morgan fingerprint density at radius 3 is 2.29 bits per heavy atom. The van der Waals surface area contributed by atoms with Crippen LogP contribution >= 0.6 is 0 Å². The molecule has 2 aromatic rings. The molecule has 3 unspecified atom stereocenters. The van der Waals surface area contributed by atoms with Crippen molar-refractivity contribution in [2.45, 2.75) is 54.8 Å². The van der Waals surface area contributed by atoms with Gasteiger partial charge in [0.2, 0.25) is 0 Å². The van der Waals surface area contributed by atoms with Crippen molar-refractivity contribution in [3.8, 4) is 0 Å². The molecule has 1 aliphatic rings. The van der Waals surface area contributed by atoms with E-state index in [4.69, 9.17) is 9.47 Å². The minimum atomic E-state index is -0.677. The molecule has 0 aliphatic carbocycles. The Hall–Kier alpha value is -1.74. The van der Waals surface area contributed by atoms with Crippen molar-refractivity contribution in [2.75, 3.05) is 13.2 Å². The number of hydrogen-bond acceptors (Lipinski definition) is 4. The molecule has 5 nitrogen and oxygen atoms in total. The molecule has 0 aromatic heterocycles. The first kappa shape index (κ1) is 23.9. The molecule has 1 heterocycles. The molecule has 3 radical (unpaired) electrons. The second-order valence-electron chi connectivity index (χ2n) is 8.81. The van der Waals surface area contributed by atoms with E-state index in [1.54, 1.807) is 4.90 Å². The second kappa shape index (κ2) is 10.7. The fourth-order valence-electron chi connectivity index (χ4n) is 3.59. The molecule has 6 heteroatoms. The maximum atomic E-state index is 13.2. The third-order valence-electron chi connectivity index (χ3n) is 5.16. The Morgan fingerprint density at radius 1 is 1.06 bits per heavy atom. The molecule has 0 bridgehead atoms. The van der Waals surface area contributed by atoms with Crippen LogP contribution in [0.5, 0.6) is 0 Å². The van der Waals surface area contributed by atoms with E-state index in [0.29, 0.717) is 38.9 Å². The van der Waals surface area contributed by atoms with Gasteiger partial charge in [0.05, 0.1) is 0 Å². The summed E-state index contributed by atoms with van der Waals surface area (Å²) in [5.74, 6) is -0.403. The third kappa shape index (κ3) is 6.62. The van der Waals surface area contributed by atoms with Crippen LogP contribution in [0.4, 0.5) is 0 Å². The molecule has 3 rings (SSSR count). The maximum absolute atomic E-state index is 13.2. The zero-order valence-corrected chi connectivity index (χ0v) is 22.3. The monoisotopic (exact) mass is 616 g/mol. The number of hydrogen-bond donors (Lipinski definition) is 0. The van der Waals surface area contributed by atoms with E-state index in [9.17, 15) is 9.59 Å². The van der Waals surface area contributed by atoms with Crippen LogP contribution in [0.3, 0.4) is 0 Å². The van der Waals surface area contributed by atoms with Gasteiger partial charge in [0.1, 0.15) is 0 Å². The summed E-state index contributed by atoms with van der Waals surface area (Å²) in [5, 5.41) is 0. The van der Waals surface area contributed by atoms with Crippen LogP contribution in [0.15, 0.2) is 60.7 Å². The van der Waals surface area contributed by atoms with Crippen LogP contribution in [0.2, 0.25) is 0 Å². The molecular formula is C25H30NO4Pb. The van der Waals surface area contributed by atoms with Gasteiger partial charge in [-0.3, -0.25) is 0 Å². The number of nitrogens with zero attached hydrogens (tertiary/aromatic N) is 1. The van der Waals surface area contributed by atoms with Crippen LogP contribution < -0.4 is 0 Å². The molecule has 0 spiro atoms. The number of likely N-dealkylation sites (tertiary alicyclic amines) is 1. The number of carbonyl (C=O) groups is 2. The first-order valence-corrected chi connectivity index (χ1v) is 13.0. The number of benzene rings is 2. The molecule has 1 aliphatic heterocycles. The normalized spacial score (nSPS) is 19.4. The number of aryl methyl sites for hydroxylation is 1. The predicted molar refractivity (Wildman–Crippen MR) is 121 cm³/mol. The van der Waals surface area contributed by atoms with E-state index in [-0.39, 0.29) is 21.5 Å². The van der Waals surface area contributed by atoms with Crippen molar-refractivity contribution >= 4 is 37.6 Å². The van der Waals surface area contributed by atoms with Gasteiger partial charge in [0.15, 0.2) is 0 Å². The molecule has 0 saturated carbocycles. The fourth-order valence-corrected chi connectivity index (χ4v) is 4.98. The summed E-state index contributed by atoms with van der Waals surface area (Å²) in [6.07, 6.45) is 1.46. The van der Waals surface area contributed by atoms with Crippen molar-refractivity contribution in [1.29, 1.82) is 0 Å². The Morgan fingerprint density at radius 2 is 1.68 bits per heavy atom. The summed E-state index contributed by atoms with van der Waals surface area (Å²) in [7, 11) is 0. The summed E-state index contributed by atoms with van der Waals surface area (Å²) in [5.41, 5.74) is 1.65. The Bertz CT molecular complexity index is 866. The van der Waals surface area contributed by atoms with Gasteiger partial charge in [-0.15, -0.1) is 0 Å². The van der Waals surface area contributed by atoms with E-state index in [1.807, 2.05) is 69.3 Å². The van der Waals surface area contributed by atoms with E-state index >= 15 is 0 Å². The molecule has 1 saturated heterocycles. The quantitative estimate of drug-likeness (QED) is 0.260. The van der Waals surface area contributed by atoms with Gasteiger partial charge in [0.25, 0.3) is 0 Å². The zero-order chi connectivity index (χ0) is 22.4. The molecule has 0 N–H and O–H groups in total. The molecule has 31 heavy (non-hydrogen) atoms. The van der Waals surface area contributed by atoms with E-state index in [1.165, 1.54) is 5.56 Å². The summed E-state index contributed by atoms with van der Waals surface area (Å²) >= 11 is 0.675. The summed E-state index contributed by atoms with van der Waals surface area (Å²) in [6.45, 7) is 6.49. The summed E-state index contributed by atoms with van der Waals surface area (Å²) in [4.78, 5) is 27.7. The molecule has 163 valence electrons. The van der Waals surface area contributed by atoms with Gasteiger partial charge in [-0.25, -0.2) is 0 Å². The van der Waals surface area contributed by atoms with Gasteiger partial charge in [-0.1, -0.05) is 6.07 Å². The average molecular weight is 616 g/mol. The second-order valence-corrected chi connectivity index (χ2v) is 11.1. The standard InChI is InChI=1S/C25H30NO4.Pb/c1-25(2,3)30-24(28)23-21(29-16-10-15-19-11-6-4-7-12-19)18-26(23)22(27)17-20-13-8-5-9-14-20;/h4-9,11-14,17,21,23H,10,15-16,18H2,1-3H3;. The molecule has 1 amide bonds. The van der Waals surface area contributed by atoms with Gasteiger partial charge in [0, 0.05) is 0 Å². The molecular weight excluding hydrogens is 585 g/mol. The Balaban J connectivity index is 1.61. The summed E-state index contributed by atoms with van der Waals surface area (Å²) < 4.78 is 11.5. The first-order valence-electron chi connectivity index (χ1n) is 10.7. The van der Waals surface area contributed by atoms with Crippen molar-refractivity contribution in [2.24, 2.45) is 0 Å². The Labute approximate surface area is 200 Å². The van der Waals surface area contributed by atoms with Crippen molar-refractivity contribution in [3.05, 3.63) is 71.8 Å². The third-order valence-corrected chi connectivity index (χ3v) is 7.42. The van der Waals surface area contributed by atoms with Gasteiger partial charge < -0.3 is 0 Å². The topological polar surface area (TPSA) is 55.8 Å². The Kier molecular flexibility index (Phi) is 8.27. The predicted octanol–water partition coefficient (Wildman–Crippen LogP) is 3.47. The molecule has 3 atom stereocenters. The first-order chi connectivity index (χ1) is 14.8. The van der Waals surface area contributed by atoms with Gasteiger partial charge >= 0.3 is 195 Å².